The van der Waals surface area contributed by atoms with Crippen LogP contribution in [0.2, 0.25) is 0 Å². The minimum absolute atomic E-state index is 0.0116. The minimum atomic E-state index is 0.0116. The molecule has 0 heterocycles. The first-order valence-electron chi connectivity index (χ1n) is 9.78. The SMILES string of the molecule is CCC/C=C\C/C=C\C/C=C\C/C=C\CCCCCC(=O)NCCO. The van der Waals surface area contributed by atoms with Crippen LogP contribution in [0.25, 0.3) is 0 Å². The van der Waals surface area contributed by atoms with E-state index in [1.165, 1.54) is 12.8 Å². The molecule has 1 amide bonds. The Kier molecular flexibility index (Phi) is 19.1. The van der Waals surface area contributed by atoms with E-state index in [4.69, 9.17) is 5.11 Å². The van der Waals surface area contributed by atoms with Gasteiger partial charge in [0.15, 0.2) is 0 Å². The van der Waals surface area contributed by atoms with Gasteiger partial charge in [-0.1, -0.05) is 68.4 Å². The molecule has 142 valence electrons. The van der Waals surface area contributed by atoms with E-state index in [0.717, 1.165) is 44.9 Å². The van der Waals surface area contributed by atoms with Crippen LogP contribution in [0.15, 0.2) is 48.6 Å². The van der Waals surface area contributed by atoms with E-state index in [2.05, 4.69) is 60.8 Å². The summed E-state index contributed by atoms with van der Waals surface area (Å²) < 4.78 is 0. The van der Waals surface area contributed by atoms with Crippen molar-refractivity contribution >= 4 is 5.91 Å². The Hall–Kier alpha value is -1.61. The van der Waals surface area contributed by atoms with E-state index in [9.17, 15) is 4.79 Å². The first kappa shape index (κ1) is 23.4. The predicted octanol–water partition coefficient (Wildman–Crippen LogP) is 5.24. The summed E-state index contributed by atoms with van der Waals surface area (Å²) >= 11 is 0. The lowest BCUT2D eigenvalue weighted by atomic mass is 10.1. The van der Waals surface area contributed by atoms with Gasteiger partial charge in [0.05, 0.1) is 6.61 Å². The van der Waals surface area contributed by atoms with Gasteiger partial charge in [-0.25, -0.2) is 0 Å². The van der Waals surface area contributed by atoms with E-state index in [1.807, 2.05) is 0 Å². The van der Waals surface area contributed by atoms with Crippen molar-refractivity contribution in [2.45, 2.75) is 71.1 Å². The number of allylic oxidation sites excluding steroid dienone is 8. The number of carbonyl (C=O) groups excluding carboxylic acids is 1. The fourth-order valence-electron chi connectivity index (χ4n) is 2.22. The van der Waals surface area contributed by atoms with Gasteiger partial charge < -0.3 is 10.4 Å². The molecule has 0 fully saturated rings. The molecular formula is C22H37NO2. The summed E-state index contributed by atoms with van der Waals surface area (Å²) in [6.45, 7) is 2.57. The molecule has 0 aliphatic carbocycles. The van der Waals surface area contributed by atoms with Crippen LogP contribution >= 0.6 is 0 Å². The Morgan fingerprint density at radius 3 is 1.92 bits per heavy atom. The van der Waals surface area contributed by atoms with Gasteiger partial charge in [-0.3, -0.25) is 4.79 Å². The van der Waals surface area contributed by atoms with Crippen LogP contribution in [0.3, 0.4) is 0 Å². The molecule has 0 aromatic rings. The molecule has 2 N–H and O–H groups in total. The molecule has 0 saturated heterocycles. The fourth-order valence-corrected chi connectivity index (χ4v) is 2.22. The maximum atomic E-state index is 11.3. The first-order chi connectivity index (χ1) is 12.3. The highest BCUT2D eigenvalue weighted by Crippen LogP contribution is 2.04. The third-order valence-corrected chi connectivity index (χ3v) is 3.65. The third-order valence-electron chi connectivity index (χ3n) is 3.65. The van der Waals surface area contributed by atoms with Gasteiger partial charge in [0.25, 0.3) is 0 Å². The van der Waals surface area contributed by atoms with E-state index >= 15 is 0 Å². The van der Waals surface area contributed by atoms with Gasteiger partial charge in [0.1, 0.15) is 0 Å². The number of aliphatic hydroxyl groups is 1. The van der Waals surface area contributed by atoms with Crippen LogP contribution in [0.1, 0.15) is 71.1 Å². The number of nitrogens with one attached hydrogen (secondary N) is 1. The summed E-state index contributed by atoms with van der Waals surface area (Å²) in [5.74, 6) is 0.0424. The molecule has 0 atom stereocenters. The minimum Gasteiger partial charge on any atom is -0.395 e. The van der Waals surface area contributed by atoms with Crippen molar-refractivity contribution in [3.05, 3.63) is 48.6 Å². The molecule has 0 aromatic heterocycles. The van der Waals surface area contributed by atoms with E-state index in [-0.39, 0.29) is 12.5 Å². The Morgan fingerprint density at radius 1 is 0.800 bits per heavy atom. The lowest BCUT2D eigenvalue weighted by molar-refractivity contribution is -0.121. The predicted molar refractivity (Wildman–Crippen MR) is 108 cm³/mol. The van der Waals surface area contributed by atoms with E-state index in [1.54, 1.807) is 0 Å². The van der Waals surface area contributed by atoms with Crippen molar-refractivity contribution in [3.8, 4) is 0 Å². The Labute approximate surface area is 154 Å². The Bertz CT molecular complexity index is 408. The molecule has 3 heteroatoms. The van der Waals surface area contributed by atoms with Crippen LogP contribution in [0.4, 0.5) is 0 Å². The fraction of sp³-hybridized carbons (Fsp3) is 0.591. The third kappa shape index (κ3) is 20.3. The second kappa shape index (κ2) is 20.4. The number of unbranched alkanes of at least 4 members (excludes halogenated alkanes) is 4. The number of carbonyl (C=O) groups is 1. The molecule has 0 unspecified atom stereocenters. The zero-order valence-corrected chi connectivity index (χ0v) is 16.0. The zero-order valence-electron chi connectivity index (χ0n) is 16.0. The second-order valence-corrected chi connectivity index (χ2v) is 6.05. The summed E-state index contributed by atoms with van der Waals surface area (Å²) in [5, 5.41) is 11.3. The summed E-state index contributed by atoms with van der Waals surface area (Å²) in [5.41, 5.74) is 0. The zero-order chi connectivity index (χ0) is 18.4. The van der Waals surface area contributed by atoms with Crippen LogP contribution in [0.5, 0.6) is 0 Å². The van der Waals surface area contributed by atoms with Crippen LogP contribution < -0.4 is 5.32 Å². The summed E-state index contributed by atoms with van der Waals surface area (Å²) in [6, 6.07) is 0. The molecule has 0 saturated carbocycles. The molecule has 0 aromatic carbocycles. The van der Waals surface area contributed by atoms with Gasteiger partial charge >= 0.3 is 0 Å². The lowest BCUT2D eigenvalue weighted by Gasteiger charge is -2.02. The van der Waals surface area contributed by atoms with Gasteiger partial charge in [0.2, 0.25) is 5.91 Å². The normalized spacial score (nSPS) is 12.2. The lowest BCUT2D eigenvalue weighted by Crippen LogP contribution is -2.25. The van der Waals surface area contributed by atoms with Gasteiger partial charge in [-0.05, 0) is 44.9 Å². The highest BCUT2D eigenvalue weighted by Gasteiger charge is 1.98. The van der Waals surface area contributed by atoms with Crippen molar-refractivity contribution in [2.75, 3.05) is 13.2 Å². The van der Waals surface area contributed by atoms with Crippen LogP contribution in [-0.2, 0) is 4.79 Å². The molecule has 0 rings (SSSR count). The average Bonchev–Trinajstić information content (AvgIpc) is 2.62. The standard InChI is InChI=1S/C22H37NO2/c1-2-3-4-5-6-7-8-9-10-11-12-13-14-15-16-17-18-19-22(25)23-20-21-24/h4-5,7-8,10-11,13-14,24H,2-3,6,9,12,15-21H2,1H3,(H,23,25)/b5-4-,8-7-,11-10-,14-13-. The molecule has 0 aliphatic rings. The number of aliphatic hydroxyl groups excluding tert-OH is 1. The average molecular weight is 348 g/mol. The topological polar surface area (TPSA) is 49.3 Å². The molecule has 3 nitrogen and oxygen atoms in total. The summed E-state index contributed by atoms with van der Waals surface area (Å²) in [4.78, 5) is 11.3. The maximum Gasteiger partial charge on any atom is 0.220 e. The van der Waals surface area contributed by atoms with Gasteiger partial charge in [-0.15, -0.1) is 0 Å². The number of rotatable bonds is 16. The van der Waals surface area contributed by atoms with Crippen LogP contribution in [-0.4, -0.2) is 24.2 Å². The summed E-state index contributed by atoms with van der Waals surface area (Å²) in [7, 11) is 0. The molecule has 25 heavy (non-hydrogen) atoms. The highest BCUT2D eigenvalue weighted by molar-refractivity contribution is 5.75. The molecule has 0 bridgehead atoms. The van der Waals surface area contributed by atoms with Crippen molar-refractivity contribution in [3.63, 3.8) is 0 Å². The first-order valence-corrected chi connectivity index (χ1v) is 9.78. The van der Waals surface area contributed by atoms with Crippen LogP contribution in [0, 0.1) is 0 Å². The van der Waals surface area contributed by atoms with Crippen molar-refractivity contribution < 1.29 is 9.90 Å². The van der Waals surface area contributed by atoms with Crippen molar-refractivity contribution in [1.82, 2.24) is 5.32 Å². The Morgan fingerprint density at radius 2 is 1.36 bits per heavy atom. The monoisotopic (exact) mass is 347 g/mol. The Balaban J connectivity index is 3.39. The van der Waals surface area contributed by atoms with E-state index in [0.29, 0.717) is 13.0 Å². The summed E-state index contributed by atoms with van der Waals surface area (Å²) in [6.07, 6.45) is 28.0. The maximum absolute atomic E-state index is 11.3. The number of hydrogen-bond acceptors (Lipinski definition) is 2. The largest absolute Gasteiger partial charge is 0.395 e. The number of amides is 1. The van der Waals surface area contributed by atoms with Crippen molar-refractivity contribution in [1.29, 1.82) is 0 Å². The smallest absolute Gasteiger partial charge is 0.220 e. The highest BCUT2D eigenvalue weighted by atomic mass is 16.3. The molecule has 0 radical (unpaired) electrons. The molecule has 0 aliphatic heterocycles. The molecule has 0 spiro atoms. The van der Waals surface area contributed by atoms with Gasteiger partial charge in [-0.2, -0.15) is 0 Å². The van der Waals surface area contributed by atoms with Crippen molar-refractivity contribution in [2.24, 2.45) is 0 Å². The van der Waals surface area contributed by atoms with E-state index < -0.39 is 0 Å². The van der Waals surface area contributed by atoms with Gasteiger partial charge in [0, 0.05) is 13.0 Å². The second-order valence-electron chi connectivity index (χ2n) is 6.05. The molecular weight excluding hydrogens is 310 g/mol. The number of hydrogen-bond donors (Lipinski definition) is 2. The quantitative estimate of drug-likeness (QED) is 0.296.